The second-order valence-electron chi connectivity index (χ2n) is 8.53. The highest BCUT2D eigenvalue weighted by Gasteiger charge is 2.20. The third kappa shape index (κ3) is 6.84. The van der Waals surface area contributed by atoms with Crippen LogP contribution in [-0.2, 0) is 6.54 Å². The minimum Gasteiger partial charge on any atom is -0.357 e. The van der Waals surface area contributed by atoms with Crippen LogP contribution in [0, 0.1) is 0 Å². The average molecular weight is 416 g/mol. The predicted octanol–water partition coefficient (Wildman–Crippen LogP) is 2.15. The summed E-state index contributed by atoms with van der Waals surface area (Å²) in [5.41, 5.74) is 1.15. The van der Waals surface area contributed by atoms with Gasteiger partial charge in [0.2, 0.25) is 0 Å². The van der Waals surface area contributed by atoms with Crippen LogP contribution in [0.1, 0.15) is 45.1 Å². The third-order valence-corrected chi connectivity index (χ3v) is 6.31. The van der Waals surface area contributed by atoms with Gasteiger partial charge in [-0.3, -0.25) is 4.90 Å². The second-order valence-corrected chi connectivity index (χ2v) is 8.53. The quantitative estimate of drug-likeness (QED) is 0.501. The molecule has 168 valence electrons. The number of guanidine groups is 1. The molecule has 2 aliphatic rings. The Balaban J connectivity index is 1.47. The van der Waals surface area contributed by atoms with Crippen molar-refractivity contribution in [2.45, 2.75) is 52.1 Å². The molecule has 7 heteroatoms. The number of anilines is 1. The Hall–Kier alpha value is -1.86. The maximum atomic E-state index is 4.77. The van der Waals surface area contributed by atoms with Gasteiger partial charge in [0.05, 0.1) is 6.54 Å². The van der Waals surface area contributed by atoms with Gasteiger partial charge in [-0.2, -0.15) is 0 Å². The smallest absolute Gasteiger partial charge is 0.191 e. The number of nitrogens with one attached hydrogen (secondary N) is 2. The number of hydrogen-bond donors (Lipinski definition) is 2. The molecule has 2 saturated heterocycles. The molecular formula is C23H41N7. The van der Waals surface area contributed by atoms with Crippen LogP contribution in [-0.4, -0.2) is 86.2 Å². The molecule has 1 aromatic heterocycles. The molecule has 3 heterocycles. The fourth-order valence-electron chi connectivity index (χ4n) is 4.38. The van der Waals surface area contributed by atoms with E-state index in [0.29, 0.717) is 6.54 Å². The van der Waals surface area contributed by atoms with Crippen LogP contribution in [0.2, 0.25) is 0 Å². The van der Waals surface area contributed by atoms with Gasteiger partial charge in [0.1, 0.15) is 5.82 Å². The maximum absolute atomic E-state index is 4.77. The number of nitrogens with zero attached hydrogens (tertiary/aromatic N) is 5. The summed E-state index contributed by atoms with van der Waals surface area (Å²) in [6.45, 7) is 13.5. The first-order valence-corrected chi connectivity index (χ1v) is 11.8. The minimum absolute atomic E-state index is 0.645. The lowest BCUT2D eigenvalue weighted by Gasteiger charge is -2.35. The predicted molar refractivity (Wildman–Crippen MR) is 126 cm³/mol. The molecule has 0 aromatic carbocycles. The van der Waals surface area contributed by atoms with E-state index in [1.807, 2.05) is 6.20 Å². The Morgan fingerprint density at radius 3 is 2.63 bits per heavy atom. The number of pyridine rings is 1. The monoisotopic (exact) mass is 415 g/mol. The molecule has 0 saturated carbocycles. The number of rotatable bonds is 8. The van der Waals surface area contributed by atoms with Crippen LogP contribution in [0.5, 0.6) is 0 Å². The largest absolute Gasteiger partial charge is 0.357 e. The fraction of sp³-hybridized carbons (Fsp3) is 0.739. The molecule has 3 rings (SSSR count). The molecule has 2 fully saturated rings. The van der Waals surface area contributed by atoms with Gasteiger partial charge in [0.15, 0.2) is 5.96 Å². The van der Waals surface area contributed by atoms with Crippen molar-refractivity contribution >= 4 is 11.8 Å². The van der Waals surface area contributed by atoms with E-state index in [4.69, 9.17) is 4.99 Å². The summed E-state index contributed by atoms with van der Waals surface area (Å²) in [6.07, 6.45) is 7.29. The molecule has 1 aromatic rings. The number of piperazine rings is 1. The summed E-state index contributed by atoms with van der Waals surface area (Å²) in [4.78, 5) is 16.8. The fourth-order valence-corrected chi connectivity index (χ4v) is 4.38. The minimum atomic E-state index is 0.645. The topological polar surface area (TPSA) is 59.0 Å². The van der Waals surface area contributed by atoms with Crippen molar-refractivity contribution in [1.82, 2.24) is 25.4 Å². The van der Waals surface area contributed by atoms with E-state index in [-0.39, 0.29) is 0 Å². The van der Waals surface area contributed by atoms with Gasteiger partial charge >= 0.3 is 0 Å². The zero-order chi connectivity index (χ0) is 21.2. The Morgan fingerprint density at radius 2 is 1.93 bits per heavy atom. The van der Waals surface area contributed by atoms with Crippen molar-refractivity contribution in [2.24, 2.45) is 4.99 Å². The van der Waals surface area contributed by atoms with Crippen LogP contribution in [0.4, 0.5) is 5.82 Å². The Labute approximate surface area is 182 Å². The molecule has 0 aliphatic carbocycles. The van der Waals surface area contributed by atoms with Crippen molar-refractivity contribution in [3.05, 3.63) is 23.9 Å². The first kappa shape index (κ1) is 22.8. The van der Waals surface area contributed by atoms with Gasteiger partial charge in [0, 0.05) is 58.1 Å². The molecular weight excluding hydrogens is 374 g/mol. The highest BCUT2D eigenvalue weighted by molar-refractivity contribution is 5.79. The number of hydrogen-bond acceptors (Lipinski definition) is 5. The van der Waals surface area contributed by atoms with Crippen molar-refractivity contribution < 1.29 is 0 Å². The first-order valence-electron chi connectivity index (χ1n) is 11.8. The van der Waals surface area contributed by atoms with E-state index in [9.17, 15) is 0 Å². The summed E-state index contributed by atoms with van der Waals surface area (Å²) < 4.78 is 0. The molecule has 30 heavy (non-hydrogen) atoms. The highest BCUT2D eigenvalue weighted by atomic mass is 15.3. The van der Waals surface area contributed by atoms with E-state index in [0.717, 1.165) is 69.2 Å². The van der Waals surface area contributed by atoms with Crippen LogP contribution in [0.3, 0.4) is 0 Å². The molecule has 1 unspecified atom stereocenters. The van der Waals surface area contributed by atoms with Crippen molar-refractivity contribution in [2.75, 3.05) is 64.3 Å². The zero-order valence-corrected chi connectivity index (χ0v) is 19.2. The maximum Gasteiger partial charge on any atom is 0.191 e. The van der Waals surface area contributed by atoms with Gasteiger partial charge < -0.3 is 20.4 Å². The number of likely N-dealkylation sites (tertiary alicyclic amines) is 1. The standard InChI is InChI=1S/C23H41N7/c1-4-21-8-6-7-12-29(21)13-11-25-23(24-5-2)27-19-20-9-10-22(26-18-20)30-16-14-28(3)15-17-30/h9-10,18,21H,4-8,11-17,19H2,1-3H3,(H2,24,25,27). The van der Waals surface area contributed by atoms with Crippen molar-refractivity contribution in [3.63, 3.8) is 0 Å². The molecule has 0 bridgehead atoms. The molecule has 0 amide bonds. The zero-order valence-electron chi connectivity index (χ0n) is 19.2. The summed E-state index contributed by atoms with van der Waals surface area (Å²) in [7, 11) is 2.18. The number of aliphatic imine (C=N–C) groups is 1. The molecule has 7 nitrogen and oxygen atoms in total. The SMILES string of the molecule is CCNC(=NCc1ccc(N2CCN(C)CC2)nc1)NCCN1CCCCC1CC. The second kappa shape index (κ2) is 12.1. The summed E-state index contributed by atoms with van der Waals surface area (Å²) in [6, 6.07) is 5.05. The van der Waals surface area contributed by atoms with Crippen molar-refractivity contribution in [1.29, 1.82) is 0 Å². The molecule has 2 N–H and O–H groups in total. The van der Waals surface area contributed by atoms with E-state index < -0.39 is 0 Å². The van der Waals surface area contributed by atoms with Gasteiger partial charge in [0.25, 0.3) is 0 Å². The van der Waals surface area contributed by atoms with Crippen LogP contribution >= 0.6 is 0 Å². The summed E-state index contributed by atoms with van der Waals surface area (Å²) in [5, 5.41) is 6.88. The highest BCUT2D eigenvalue weighted by Crippen LogP contribution is 2.18. The Kier molecular flexibility index (Phi) is 9.21. The Morgan fingerprint density at radius 1 is 1.10 bits per heavy atom. The van der Waals surface area contributed by atoms with E-state index in [1.165, 1.54) is 32.2 Å². The van der Waals surface area contributed by atoms with Gasteiger partial charge in [-0.25, -0.2) is 9.98 Å². The lowest BCUT2D eigenvalue weighted by atomic mass is 10.0. The van der Waals surface area contributed by atoms with E-state index in [2.05, 4.69) is 63.3 Å². The number of aromatic nitrogens is 1. The van der Waals surface area contributed by atoms with Crippen LogP contribution < -0.4 is 15.5 Å². The molecule has 0 radical (unpaired) electrons. The Bertz CT molecular complexity index is 637. The summed E-state index contributed by atoms with van der Waals surface area (Å²) in [5.74, 6) is 1.97. The number of piperidine rings is 1. The summed E-state index contributed by atoms with van der Waals surface area (Å²) >= 11 is 0. The van der Waals surface area contributed by atoms with E-state index >= 15 is 0 Å². The van der Waals surface area contributed by atoms with Gasteiger partial charge in [-0.15, -0.1) is 0 Å². The average Bonchev–Trinajstić information content (AvgIpc) is 2.79. The van der Waals surface area contributed by atoms with Crippen molar-refractivity contribution in [3.8, 4) is 0 Å². The first-order chi connectivity index (χ1) is 14.7. The molecule has 0 spiro atoms. The molecule has 2 aliphatic heterocycles. The lowest BCUT2D eigenvalue weighted by molar-refractivity contribution is 0.147. The lowest BCUT2D eigenvalue weighted by Crippen LogP contribution is -2.45. The van der Waals surface area contributed by atoms with Crippen LogP contribution in [0.15, 0.2) is 23.3 Å². The third-order valence-electron chi connectivity index (χ3n) is 6.31. The van der Waals surface area contributed by atoms with Gasteiger partial charge in [-0.05, 0) is 51.4 Å². The molecule has 1 atom stereocenters. The van der Waals surface area contributed by atoms with Gasteiger partial charge in [-0.1, -0.05) is 19.4 Å². The van der Waals surface area contributed by atoms with Crippen LogP contribution in [0.25, 0.3) is 0 Å². The number of likely N-dealkylation sites (N-methyl/N-ethyl adjacent to an activating group) is 1. The normalized spacial score (nSPS) is 21.6. The van der Waals surface area contributed by atoms with E-state index in [1.54, 1.807) is 0 Å².